The molecule has 0 aromatic carbocycles. The summed E-state index contributed by atoms with van der Waals surface area (Å²) in [4.78, 5) is 31.0. The fourth-order valence-electron chi connectivity index (χ4n) is 3.38. The van der Waals surface area contributed by atoms with Gasteiger partial charge in [-0.2, -0.15) is 0 Å². The molecule has 0 amide bonds. The van der Waals surface area contributed by atoms with Crippen LogP contribution in [0.25, 0.3) is 0 Å². The molecule has 0 atom stereocenters. The fraction of sp³-hybridized carbons (Fsp3) is 0.952. The zero-order valence-corrected chi connectivity index (χ0v) is 18.1. The highest BCUT2D eigenvalue weighted by Gasteiger charge is 2.10. The van der Waals surface area contributed by atoms with Crippen LogP contribution in [-0.2, 0) is 9.36 Å². The molecule has 0 radical (unpaired) electrons. The third kappa shape index (κ3) is 25.5. The Kier molecular flexibility index (Phi) is 19.9. The van der Waals surface area contributed by atoms with E-state index < -0.39 is 7.60 Å². The Bertz CT molecular complexity index is 405. The average Bonchev–Trinajstić information content (AvgIpc) is 2.62. The van der Waals surface area contributed by atoms with Crippen LogP contribution in [0.15, 0.2) is 4.99 Å². The molecule has 0 aromatic rings. The Balaban J connectivity index is 3.05. The summed E-state index contributed by atoms with van der Waals surface area (Å²) >= 11 is 0. The molecule has 0 aliphatic heterocycles. The molecule has 2 N–H and O–H groups in total. The molecule has 0 bridgehead atoms. The van der Waals surface area contributed by atoms with Crippen LogP contribution in [0.1, 0.15) is 116 Å². The molecule has 0 saturated heterocycles. The summed E-state index contributed by atoms with van der Waals surface area (Å²) in [5.41, 5.74) is 0. The summed E-state index contributed by atoms with van der Waals surface area (Å²) in [7, 11) is -3.77. The summed E-state index contributed by atoms with van der Waals surface area (Å²) in [6.45, 7) is 0.642. The molecule has 0 spiro atoms. The SMILES string of the molecule is O=C=NCCCCCCCCCCCCCCCCCCCCP(=O)(O)O. The highest BCUT2D eigenvalue weighted by Crippen LogP contribution is 2.35. The number of carbonyl (C=O) groups excluding carboxylic acids is 1. The Labute approximate surface area is 166 Å². The van der Waals surface area contributed by atoms with Crippen molar-refractivity contribution in [2.45, 2.75) is 116 Å². The van der Waals surface area contributed by atoms with E-state index in [4.69, 9.17) is 9.79 Å². The quantitative estimate of drug-likeness (QED) is 0.0988. The van der Waals surface area contributed by atoms with E-state index in [2.05, 4.69) is 4.99 Å². The van der Waals surface area contributed by atoms with Gasteiger partial charge in [-0.3, -0.25) is 4.57 Å². The van der Waals surface area contributed by atoms with Crippen molar-refractivity contribution in [2.24, 2.45) is 4.99 Å². The van der Waals surface area contributed by atoms with Gasteiger partial charge >= 0.3 is 7.60 Å². The van der Waals surface area contributed by atoms with Crippen molar-refractivity contribution >= 4 is 13.7 Å². The van der Waals surface area contributed by atoms with Gasteiger partial charge in [0.25, 0.3) is 0 Å². The zero-order valence-electron chi connectivity index (χ0n) is 17.2. The summed E-state index contributed by atoms with van der Waals surface area (Å²) in [6, 6.07) is 0. The second-order valence-corrected chi connectivity index (χ2v) is 9.50. The maximum absolute atomic E-state index is 10.7. The smallest absolute Gasteiger partial charge is 0.324 e. The van der Waals surface area contributed by atoms with Gasteiger partial charge < -0.3 is 9.79 Å². The van der Waals surface area contributed by atoms with Crippen LogP contribution < -0.4 is 0 Å². The first kappa shape index (κ1) is 26.5. The van der Waals surface area contributed by atoms with Gasteiger partial charge in [0, 0.05) is 6.16 Å². The van der Waals surface area contributed by atoms with Gasteiger partial charge in [-0.05, 0) is 12.8 Å². The average molecular weight is 404 g/mol. The highest BCUT2D eigenvalue weighted by molar-refractivity contribution is 7.51. The van der Waals surface area contributed by atoms with Crippen LogP contribution in [0.2, 0.25) is 0 Å². The summed E-state index contributed by atoms with van der Waals surface area (Å²) in [6.07, 6.45) is 23.7. The van der Waals surface area contributed by atoms with Gasteiger partial charge in [0.05, 0.1) is 6.54 Å². The fourth-order valence-corrected chi connectivity index (χ4v) is 4.02. The topological polar surface area (TPSA) is 87.0 Å². The number of rotatable bonds is 21. The molecule has 0 heterocycles. The van der Waals surface area contributed by atoms with Crippen molar-refractivity contribution in [1.29, 1.82) is 0 Å². The molecule has 6 heteroatoms. The first-order valence-electron chi connectivity index (χ1n) is 11.1. The minimum Gasteiger partial charge on any atom is -0.324 e. The van der Waals surface area contributed by atoms with E-state index in [1.807, 2.05) is 0 Å². The van der Waals surface area contributed by atoms with Gasteiger partial charge in [0.15, 0.2) is 0 Å². The first-order valence-corrected chi connectivity index (χ1v) is 12.9. The third-order valence-corrected chi connectivity index (χ3v) is 5.93. The predicted octanol–water partition coefficient (Wildman–Crippen LogP) is 6.52. The Hall–Kier alpha value is -0.470. The van der Waals surface area contributed by atoms with Crippen LogP contribution in [0.5, 0.6) is 0 Å². The molecule has 0 rings (SSSR count). The van der Waals surface area contributed by atoms with Crippen LogP contribution >= 0.6 is 7.60 Å². The molecule has 160 valence electrons. The Morgan fingerprint density at radius 3 is 1.15 bits per heavy atom. The molecule has 0 unspecified atom stereocenters. The van der Waals surface area contributed by atoms with Crippen LogP contribution in [0.3, 0.4) is 0 Å². The van der Waals surface area contributed by atoms with Crippen LogP contribution in [0.4, 0.5) is 0 Å². The van der Waals surface area contributed by atoms with Gasteiger partial charge in [-0.25, -0.2) is 9.79 Å². The Morgan fingerprint density at radius 1 is 0.556 bits per heavy atom. The van der Waals surface area contributed by atoms with E-state index in [1.165, 1.54) is 89.9 Å². The molecule has 0 aliphatic rings. The molecule has 0 aromatic heterocycles. The largest absolute Gasteiger partial charge is 0.325 e. The van der Waals surface area contributed by atoms with Crippen molar-refractivity contribution in [2.75, 3.05) is 12.7 Å². The number of nitrogens with zero attached hydrogens (tertiary/aromatic N) is 1. The molecule has 5 nitrogen and oxygen atoms in total. The minimum absolute atomic E-state index is 0.0466. The number of hydrogen-bond donors (Lipinski definition) is 2. The standard InChI is InChI=1S/C21H42NO4P/c23-21-22-19-17-15-13-11-9-7-5-3-1-2-4-6-8-10-12-14-16-18-20-27(24,25)26/h1-20H2,(H2,24,25,26). The zero-order chi connectivity index (χ0) is 20.1. The van der Waals surface area contributed by atoms with E-state index >= 15 is 0 Å². The summed E-state index contributed by atoms with van der Waals surface area (Å²) < 4.78 is 10.7. The van der Waals surface area contributed by atoms with Gasteiger partial charge in [-0.1, -0.05) is 103 Å². The molecule has 0 saturated carbocycles. The van der Waals surface area contributed by atoms with E-state index in [-0.39, 0.29) is 6.16 Å². The number of isocyanates is 1. The van der Waals surface area contributed by atoms with E-state index in [9.17, 15) is 9.36 Å². The van der Waals surface area contributed by atoms with Crippen LogP contribution in [-0.4, -0.2) is 28.6 Å². The maximum atomic E-state index is 10.7. The van der Waals surface area contributed by atoms with E-state index in [0.29, 0.717) is 13.0 Å². The molecular weight excluding hydrogens is 361 g/mol. The number of hydrogen-bond acceptors (Lipinski definition) is 3. The third-order valence-electron chi connectivity index (χ3n) is 5.03. The number of aliphatic imine (C=N–C) groups is 1. The van der Waals surface area contributed by atoms with Crippen molar-refractivity contribution in [3.8, 4) is 0 Å². The van der Waals surface area contributed by atoms with E-state index in [1.54, 1.807) is 6.08 Å². The van der Waals surface area contributed by atoms with Crippen molar-refractivity contribution < 1.29 is 19.1 Å². The van der Waals surface area contributed by atoms with Gasteiger partial charge in [0.2, 0.25) is 6.08 Å². The lowest BCUT2D eigenvalue weighted by Gasteiger charge is -2.04. The number of unbranched alkanes of at least 4 members (excludes halogenated alkanes) is 17. The molecule has 0 aliphatic carbocycles. The lowest BCUT2D eigenvalue weighted by Crippen LogP contribution is -1.88. The molecular formula is C21H42NO4P. The minimum atomic E-state index is -3.77. The normalized spacial score (nSPS) is 11.5. The van der Waals surface area contributed by atoms with Crippen molar-refractivity contribution in [3.63, 3.8) is 0 Å². The first-order chi connectivity index (χ1) is 13.1. The lowest BCUT2D eigenvalue weighted by molar-refractivity contribution is 0.370. The summed E-state index contributed by atoms with van der Waals surface area (Å²) in [5, 5.41) is 0. The predicted molar refractivity (Wildman–Crippen MR) is 113 cm³/mol. The monoisotopic (exact) mass is 403 g/mol. The van der Waals surface area contributed by atoms with E-state index in [0.717, 1.165) is 19.3 Å². The van der Waals surface area contributed by atoms with Crippen molar-refractivity contribution in [3.05, 3.63) is 0 Å². The van der Waals surface area contributed by atoms with Gasteiger partial charge in [0.1, 0.15) is 0 Å². The van der Waals surface area contributed by atoms with Crippen molar-refractivity contribution in [1.82, 2.24) is 0 Å². The highest BCUT2D eigenvalue weighted by atomic mass is 31.2. The second kappa shape index (κ2) is 20.3. The molecule has 27 heavy (non-hydrogen) atoms. The second-order valence-electron chi connectivity index (χ2n) is 7.73. The lowest BCUT2D eigenvalue weighted by atomic mass is 10.0. The Morgan fingerprint density at radius 2 is 0.852 bits per heavy atom. The van der Waals surface area contributed by atoms with Gasteiger partial charge in [-0.15, -0.1) is 0 Å². The van der Waals surface area contributed by atoms with Crippen LogP contribution in [0, 0.1) is 0 Å². The maximum Gasteiger partial charge on any atom is 0.325 e. The summed E-state index contributed by atoms with van der Waals surface area (Å²) in [5.74, 6) is 0. The molecule has 0 fully saturated rings.